The molecule has 3 heteroatoms. The van der Waals surface area contributed by atoms with Crippen LogP contribution in [0.2, 0.25) is 0 Å². The van der Waals surface area contributed by atoms with Gasteiger partial charge in [-0.05, 0) is 63.3 Å². The Bertz CT molecular complexity index is 543. The highest BCUT2D eigenvalue weighted by molar-refractivity contribution is 5.69. The molecule has 21 heavy (non-hydrogen) atoms. The summed E-state index contributed by atoms with van der Waals surface area (Å²) in [7, 11) is 0. The fourth-order valence-electron chi connectivity index (χ4n) is 2.85. The van der Waals surface area contributed by atoms with Gasteiger partial charge in [0.15, 0.2) is 0 Å². The molecule has 0 spiro atoms. The van der Waals surface area contributed by atoms with Gasteiger partial charge in [0.25, 0.3) is 0 Å². The molecule has 0 N–H and O–H groups in total. The number of amides is 1. The van der Waals surface area contributed by atoms with Crippen LogP contribution >= 0.6 is 0 Å². The molecule has 1 amide bonds. The highest BCUT2D eigenvalue weighted by Crippen LogP contribution is 2.37. The Morgan fingerprint density at radius 2 is 2.19 bits per heavy atom. The van der Waals surface area contributed by atoms with E-state index >= 15 is 0 Å². The van der Waals surface area contributed by atoms with Crippen LogP contribution in [-0.4, -0.2) is 23.1 Å². The molecular formula is C18H25NO2. The molecule has 1 aliphatic rings. The molecule has 1 aromatic rings. The SMILES string of the molecule is C=Cc1ccc2c(c1)[C@H](N(CC)C(=O)OC(C)(C)C)CC2. The molecule has 1 aliphatic carbocycles. The number of carbonyl (C=O) groups is 1. The predicted molar refractivity (Wildman–Crippen MR) is 86.2 cm³/mol. The van der Waals surface area contributed by atoms with Gasteiger partial charge >= 0.3 is 6.09 Å². The first-order valence-corrected chi connectivity index (χ1v) is 7.60. The Balaban J connectivity index is 2.26. The molecule has 1 atom stereocenters. The van der Waals surface area contributed by atoms with Gasteiger partial charge in [-0.3, -0.25) is 0 Å². The zero-order chi connectivity index (χ0) is 15.6. The zero-order valence-corrected chi connectivity index (χ0v) is 13.5. The number of carbonyl (C=O) groups excluding carboxylic acids is 1. The first kappa shape index (κ1) is 15.6. The number of fused-ring (bicyclic) bond motifs is 1. The van der Waals surface area contributed by atoms with E-state index < -0.39 is 5.60 Å². The third kappa shape index (κ3) is 3.46. The highest BCUT2D eigenvalue weighted by atomic mass is 16.6. The number of benzene rings is 1. The summed E-state index contributed by atoms with van der Waals surface area (Å²) in [5.74, 6) is 0. The van der Waals surface area contributed by atoms with Crippen molar-refractivity contribution in [1.82, 2.24) is 4.90 Å². The number of hydrogen-bond acceptors (Lipinski definition) is 2. The Labute approximate surface area is 127 Å². The van der Waals surface area contributed by atoms with Gasteiger partial charge in [0.05, 0.1) is 6.04 Å². The van der Waals surface area contributed by atoms with Crippen molar-refractivity contribution in [2.45, 2.75) is 52.2 Å². The monoisotopic (exact) mass is 287 g/mol. The molecule has 0 heterocycles. The van der Waals surface area contributed by atoms with Crippen molar-refractivity contribution in [3.63, 3.8) is 0 Å². The molecule has 0 bridgehead atoms. The molecule has 0 saturated carbocycles. The van der Waals surface area contributed by atoms with Gasteiger partial charge < -0.3 is 9.64 Å². The van der Waals surface area contributed by atoms with E-state index in [1.165, 1.54) is 11.1 Å². The minimum Gasteiger partial charge on any atom is -0.444 e. The van der Waals surface area contributed by atoms with Crippen LogP contribution in [0.1, 0.15) is 56.8 Å². The quantitative estimate of drug-likeness (QED) is 0.814. The van der Waals surface area contributed by atoms with Crippen molar-refractivity contribution >= 4 is 12.2 Å². The molecule has 0 fully saturated rings. The van der Waals surface area contributed by atoms with E-state index in [0.717, 1.165) is 18.4 Å². The summed E-state index contributed by atoms with van der Waals surface area (Å²) in [5, 5.41) is 0. The van der Waals surface area contributed by atoms with Gasteiger partial charge in [-0.15, -0.1) is 0 Å². The molecule has 0 radical (unpaired) electrons. The fourth-order valence-corrected chi connectivity index (χ4v) is 2.85. The van der Waals surface area contributed by atoms with Gasteiger partial charge in [-0.25, -0.2) is 4.79 Å². The lowest BCUT2D eigenvalue weighted by molar-refractivity contribution is 0.0171. The van der Waals surface area contributed by atoms with Crippen molar-refractivity contribution < 1.29 is 9.53 Å². The van der Waals surface area contributed by atoms with E-state index in [0.29, 0.717) is 6.54 Å². The lowest BCUT2D eigenvalue weighted by Crippen LogP contribution is -2.38. The van der Waals surface area contributed by atoms with Crippen LogP contribution in [0.3, 0.4) is 0 Å². The van der Waals surface area contributed by atoms with Gasteiger partial charge in [0.2, 0.25) is 0 Å². The maximum atomic E-state index is 12.4. The lowest BCUT2D eigenvalue weighted by atomic mass is 10.0. The van der Waals surface area contributed by atoms with E-state index in [1.807, 2.05) is 38.7 Å². The van der Waals surface area contributed by atoms with E-state index in [-0.39, 0.29) is 12.1 Å². The second-order valence-corrected chi connectivity index (χ2v) is 6.48. The summed E-state index contributed by atoms with van der Waals surface area (Å²) in [6.45, 7) is 12.2. The van der Waals surface area contributed by atoms with Crippen LogP contribution < -0.4 is 0 Å². The van der Waals surface area contributed by atoms with Gasteiger partial charge in [-0.1, -0.05) is 24.8 Å². The maximum absolute atomic E-state index is 12.4. The predicted octanol–water partition coefficient (Wildman–Crippen LogP) is 4.57. The molecule has 2 rings (SSSR count). The summed E-state index contributed by atoms with van der Waals surface area (Å²) in [4.78, 5) is 14.3. The summed E-state index contributed by atoms with van der Waals surface area (Å²) >= 11 is 0. The maximum Gasteiger partial charge on any atom is 0.410 e. The van der Waals surface area contributed by atoms with Gasteiger partial charge in [-0.2, -0.15) is 0 Å². The van der Waals surface area contributed by atoms with Crippen molar-refractivity contribution in [1.29, 1.82) is 0 Å². The molecule has 3 nitrogen and oxygen atoms in total. The Morgan fingerprint density at radius 1 is 1.48 bits per heavy atom. The zero-order valence-electron chi connectivity index (χ0n) is 13.5. The molecule has 1 aromatic carbocycles. The Kier molecular flexibility index (Phi) is 4.40. The lowest BCUT2D eigenvalue weighted by Gasteiger charge is -2.31. The number of ether oxygens (including phenoxy) is 1. The third-order valence-corrected chi connectivity index (χ3v) is 3.80. The van der Waals surface area contributed by atoms with Crippen molar-refractivity contribution in [3.8, 4) is 0 Å². The first-order valence-electron chi connectivity index (χ1n) is 7.60. The molecular weight excluding hydrogens is 262 g/mol. The largest absolute Gasteiger partial charge is 0.444 e. The number of nitrogens with zero attached hydrogens (tertiary/aromatic N) is 1. The highest BCUT2D eigenvalue weighted by Gasteiger charge is 2.32. The summed E-state index contributed by atoms with van der Waals surface area (Å²) in [6, 6.07) is 6.49. The van der Waals surface area contributed by atoms with Crippen LogP contribution in [0.4, 0.5) is 4.79 Å². The number of rotatable bonds is 3. The minimum atomic E-state index is -0.463. The average Bonchev–Trinajstić information content (AvgIpc) is 2.80. The van der Waals surface area contributed by atoms with Crippen LogP contribution in [-0.2, 0) is 11.2 Å². The van der Waals surface area contributed by atoms with Crippen LogP contribution in [0.5, 0.6) is 0 Å². The third-order valence-electron chi connectivity index (χ3n) is 3.80. The normalized spacial score (nSPS) is 17.2. The van der Waals surface area contributed by atoms with E-state index in [4.69, 9.17) is 4.74 Å². The van der Waals surface area contributed by atoms with Crippen molar-refractivity contribution in [2.24, 2.45) is 0 Å². The Morgan fingerprint density at radius 3 is 2.76 bits per heavy atom. The van der Waals surface area contributed by atoms with Crippen LogP contribution in [0.25, 0.3) is 6.08 Å². The second-order valence-electron chi connectivity index (χ2n) is 6.48. The summed E-state index contributed by atoms with van der Waals surface area (Å²) < 4.78 is 5.54. The van der Waals surface area contributed by atoms with E-state index in [1.54, 1.807) is 0 Å². The molecule has 0 aliphatic heterocycles. The van der Waals surface area contributed by atoms with Crippen molar-refractivity contribution in [2.75, 3.05) is 6.54 Å². The average molecular weight is 287 g/mol. The minimum absolute atomic E-state index is 0.111. The smallest absolute Gasteiger partial charge is 0.410 e. The van der Waals surface area contributed by atoms with Crippen molar-refractivity contribution in [3.05, 3.63) is 41.5 Å². The van der Waals surface area contributed by atoms with Crippen LogP contribution in [0.15, 0.2) is 24.8 Å². The Hall–Kier alpha value is -1.77. The van der Waals surface area contributed by atoms with E-state index in [2.05, 4.69) is 24.8 Å². The topological polar surface area (TPSA) is 29.5 Å². The van der Waals surface area contributed by atoms with Gasteiger partial charge in [0, 0.05) is 6.54 Å². The second kappa shape index (κ2) is 5.92. The van der Waals surface area contributed by atoms with Crippen LogP contribution in [0, 0.1) is 0 Å². The standard InChI is InChI=1S/C18H25NO2/c1-6-13-8-9-14-10-11-16(15(14)12-13)19(7-2)17(20)21-18(3,4)5/h6,8-9,12,16H,1,7,10-11H2,2-5H3/t16-/m1/s1. The van der Waals surface area contributed by atoms with Gasteiger partial charge in [0.1, 0.15) is 5.60 Å². The molecule has 114 valence electrons. The first-order chi connectivity index (χ1) is 9.85. The summed E-state index contributed by atoms with van der Waals surface area (Å²) in [6.07, 6.45) is 3.59. The number of hydrogen-bond donors (Lipinski definition) is 0. The van der Waals surface area contributed by atoms with E-state index in [9.17, 15) is 4.79 Å². The molecule has 0 aromatic heterocycles. The summed E-state index contributed by atoms with van der Waals surface area (Å²) in [5.41, 5.74) is 3.20. The fraction of sp³-hybridized carbons (Fsp3) is 0.500. The molecule has 0 saturated heterocycles. The number of aryl methyl sites for hydroxylation is 1. The molecule has 0 unspecified atom stereocenters.